The van der Waals surface area contributed by atoms with E-state index in [0.29, 0.717) is 23.7 Å². The van der Waals surface area contributed by atoms with Gasteiger partial charge in [-0.15, -0.1) is 0 Å². The molecule has 33 heavy (non-hydrogen) atoms. The van der Waals surface area contributed by atoms with Gasteiger partial charge in [0.25, 0.3) is 5.91 Å². The second kappa shape index (κ2) is 10.5. The maximum Gasteiger partial charge on any atom is 0.251 e. The van der Waals surface area contributed by atoms with Gasteiger partial charge in [0.2, 0.25) is 0 Å². The lowest BCUT2D eigenvalue weighted by Gasteiger charge is -2.11. The van der Waals surface area contributed by atoms with Gasteiger partial charge in [0, 0.05) is 17.1 Å². The van der Waals surface area contributed by atoms with Crippen molar-refractivity contribution < 1.29 is 9.53 Å². The van der Waals surface area contributed by atoms with E-state index < -0.39 is 0 Å². The molecule has 0 spiro atoms. The van der Waals surface area contributed by atoms with Gasteiger partial charge in [-0.2, -0.15) is 0 Å². The molecule has 1 amide bonds. The molecule has 0 aliphatic rings. The van der Waals surface area contributed by atoms with Gasteiger partial charge >= 0.3 is 0 Å². The van der Waals surface area contributed by atoms with Crippen molar-refractivity contribution in [3.05, 3.63) is 94.3 Å². The van der Waals surface area contributed by atoms with Crippen LogP contribution >= 0.6 is 11.6 Å². The number of benzene rings is 3. The number of aromatic nitrogens is 2. The van der Waals surface area contributed by atoms with Crippen LogP contribution in [0.3, 0.4) is 0 Å². The molecule has 0 unspecified atom stereocenters. The second-order valence-electron chi connectivity index (χ2n) is 8.16. The highest BCUT2D eigenvalue weighted by Crippen LogP contribution is 2.19. The Bertz CT molecular complexity index is 1250. The van der Waals surface area contributed by atoms with E-state index >= 15 is 0 Å². The Kier molecular flexibility index (Phi) is 7.30. The van der Waals surface area contributed by atoms with E-state index in [1.165, 1.54) is 11.1 Å². The first-order valence-corrected chi connectivity index (χ1v) is 11.6. The molecule has 170 valence electrons. The van der Waals surface area contributed by atoms with Crippen LogP contribution < -0.4 is 10.1 Å². The Morgan fingerprint density at radius 3 is 2.58 bits per heavy atom. The van der Waals surface area contributed by atoms with Crippen molar-refractivity contribution in [3.63, 3.8) is 0 Å². The van der Waals surface area contributed by atoms with Crippen molar-refractivity contribution >= 4 is 28.5 Å². The smallest absolute Gasteiger partial charge is 0.251 e. The largest absolute Gasteiger partial charge is 0.494 e. The molecule has 1 aromatic heterocycles. The summed E-state index contributed by atoms with van der Waals surface area (Å²) >= 11 is 5.92. The summed E-state index contributed by atoms with van der Waals surface area (Å²) in [5, 5.41) is 3.59. The molecule has 3 aromatic carbocycles. The molecule has 0 fully saturated rings. The molecular weight excluding hydrogens is 434 g/mol. The third kappa shape index (κ3) is 5.74. The molecule has 0 saturated heterocycles. The number of aryl methyl sites for hydroxylation is 3. The predicted octanol–water partition coefficient (Wildman–Crippen LogP) is 6.10. The number of hydrogen-bond donors (Lipinski definition) is 1. The normalized spacial score (nSPS) is 11.0. The number of nitrogens with zero attached hydrogens (tertiary/aromatic N) is 2. The fourth-order valence-electron chi connectivity index (χ4n) is 3.74. The number of amides is 1. The van der Waals surface area contributed by atoms with Gasteiger partial charge in [-0.1, -0.05) is 29.8 Å². The van der Waals surface area contributed by atoms with E-state index in [-0.39, 0.29) is 5.91 Å². The highest BCUT2D eigenvalue weighted by molar-refractivity contribution is 6.30. The van der Waals surface area contributed by atoms with Crippen LogP contribution in [-0.2, 0) is 13.1 Å². The van der Waals surface area contributed by atoms with Gasteiger partial charge in [-0.05, 0) is 86.3 Å². The van der Waals surface area contributed by atoms with Crippen molar-refractivity contribution in [1.29, 1.82) is 0 Å². The van der Waals surface area contributed by atoms with Crippen LogP contribution in [-0.4, -0.2) is 22.1 Å². The minimum absolute atomic E-state index is 0.146. The number of carbonyl (C=O) groups excluding carboxylic acids is 1. The van der Waals surface area contributed by atoms with Crippen LogP contribution in [0, 0.1) is 13.8 Å². The molecule has 0 bridgehead atoms. The molecule has 0 atom stereocenters. The van der Waals surface area contributed by atoms with E-state index in [0.717, 1.165) is 42.0 Å². The Balaban J connectivity index is 1.37. The highest BCUT2D eigenvalue weighted by Gasteiger charge is 2.12. The molecule has 0 saturated carbocycles. The lowest BCUT2D eigenvalue weighted by molar-refractivity contribution is 0.0949. The topological polar surface area (TPSA) is 56.1 Å². The first-order valence-electron chi connectivity index (χ1n) is 11.2. The summed E-state index contributed by atoms with van der Waals surface area (Å²) in [6.07, 6.45) is 1.87. The van der Waals surface area contributed by atoms with Gasteiger partial charge in [0.15, 0.2) is 0 Å². The van der Waals surface area contributed by atoms with Gasteiger partial charge < -0.3 is 14.6 Å². The third-order valence-corrected chi connectivity index (χ3v) is 6.02. The van der Waals surface area contributed by atoms with Crippen LogP contribution in [0.2, 0.25) is 5.02 Å². The number of imidazole rings is 1. The Labute approximate surface area is 199 Å². The molecule has 5 nitrogen and oxygen atoms in total. The zero-order valence-corrected chi connectivity index (χ0v) is 19.7. The Hall–Kier alpha value is -3.31. The minimum atomic E-state index is -0.146. The number of nitrogens with one attached hydrogen (secondary N) is 1. The zero-order valence-electron chi connectivity index (χ0n) is 19.0. The Morgan fingerprint density at radius 2 is 1.79 bits per heavy atom. The van der Waals surface area contributed by atoms with Crippen LogP contribution in [0.5, 0.6) is 5.75 Å². The first kappa shape index (κ1) is 22.9. The van der Waals surface area contributed by atoms with Crippen LogP contribution in [0.4, 0.5) is 0 Å². The number of hydrogen-bond acceptors (Lipinski definition) is 3. The molecular formula is C27H28ClN3O2. The summed E-state index contributed by atoms with van der Waals surface area (Å²) in [7, 11) is 0. The summed E-state index contributed by atoms with van der Waals surface area (Å²) in [6, 6.07) is 21.1. The summed E-state index contributed by atoms with van der Waals surface area (Å²) in [5.41, 5.74) is 5.08. The van der Waals surface area contributed by atoms with Gasteiger partial charge in [-0.3, -0.25) is 4.79 Å². The fourth-order valence-corrected chi connectivity index (χ4v) is 3.86. The molecule has 4 aromatic rings. The molecule has 6 heteroatoms. The zero-order chi connectivity index (χ0) is 23.2. The number of carbonyl (C=O) groups is 1. The van der Waals surface area contributed by atoms with Gasteiger partial charge in [0.1, 0.15) is 11.6 Å². The van der Waals surface area contributed by atoms with Crippen LogP contribution in [0.1, 0.15) is 40.2 Å². The molecule has 1 N–H and O–H groups in total. The van der Waals surface area contributed by atoms with E-state index in [2.05, 4.69) is 41.9 Å². The molecule has 4 rings (SSSR count). The number of para-hydroxylation sites is 2. The number of unbranched alkanes of at least 4 members (excludes halogenated alkanes) is 1. The van der Waals surface area contributed by atoms with Crippen molar-refractivity contribution in [2.24, 2.45) is 0 Å². The van der Waals surface area contributed by atoms with Crippen molar-refractivity contribution in [3.8, 4) is 5.75 Å². The SMILES string of the molecule is Cc1ccc(OCCCCn2c(CNC(=O)c3ccc(Cl)cc3)nc3ccccc32)cc1C. The monoisotopic (exact) mass is 461 g/mol. The average molecular weight is 462 g/mol. The maximum absolute atomic E-state index is 12.5. The molecule has 0 radical (unpaired) electrons. The number of rotatable bonds is 9. The van der Waals surface area contributed by atoms with E-state index in [4.69, 9.17) is 21.3 Å². The van der Waals surface area contributed by atoms with E-state index in [1.54, 1.807) is 24.3 Å². The standard InChI is InChI=1S/C27H28ClN3O2/c1-19-9-14-23(17-20(19)2)33-16-6-5-15-31-25-8-4-3-7-24(25)30-26(31)18-29-27(32)21-10-12-22(28)13-11-21/h3-4,7-14,17H,5-6,15-16,18H2,1-2H3,(H,29,32). The van der Waals surface area contributed by atoms with Crippen molar-refractivity contribution in [2.45, 2.75) is 39.8 Å². The van der Waals surface area contributed by atoms with Crippen LogP contribution in [0.15, 0.2) is 66.7 Å². The third-order valence-electron chi connectivity index (χ3n) is 5.77. The summed E-state index contributed by atoms with van der Waals surface area (Å²) in [5.74, 6) is 1.61. The molecule has 1 heterocycles. The molecule has 0 aliphatic carbocycles. The van der Waals surface area contributed by atoms with Gasteiger partial charge in [0.05, 0.1) is 24.2 Å². The summed E-state index contributed by atoms with van der Waals surface area (Å²) < 4.78 is 8.11. The number of halogens is 1. The highest BCUT2D eigenvalue weighted by atomic mass is 35.5. The number of fused-ring (bicyclic) bond motifs is 1. The van der Waals surface area contributed by atoms with Crippen molar-refractivity contribution in [2.75, 3.05) is 6.61 Å². The summed E-state index contributed by atoms with van der Waals surface area (Å²) in [4.78, 5) is 17.3. The predicted molar refractivity (Wildman–Crippen MR) is 133 cm³/mol. The lowest BCUT2D eigenvalue weighted by Crippen LogP contribution is -2.24. The summed E-state index contributed by atoms with van der Waals surface area (Å²) in [6.45, 7) is 6.03. The maximum atomic E-state index is 12.5. The lowest BCUT2D eigenvalue weighted by atomic mass is 10.1. The molecule has 0 aliphatic heterocycles. The average Bonchev–Trinajstić information content (AvgIpc) is 3.17. The second-order valence-corrected chi connectivity index (χ2v) is 8.60. The first-order chi connectivity index (χ1) is 16.0. The Morgan fingerprint density at radius 1 is 1.00 bits per heavy atom. The minimum Gasteiger partial charge on any atom is -0.494 e. The van der Waals surface area contributed by atoms with Crippen LogP contribution in [0.25, 0.3) is 11.0 Å². The van der Waals surface area contributed by atoms with Gasteiger partial charge in [-0.25, -0.2) is 4.98 Å². The van der Waals surface area contributed by atoms with E-state index in [9.17, 15) is 4.79 Å². The fraction of sp³-hybridized carbons (Fsp3) is 0.259. The quantitative estimate of drug-likeness (QED) is 0.306. The van der Waals surface area contributed by atoms with E-state index in [1.807, 2.05) is 24.3 Å². The van der Waals surface area contributed by atoms with Crippen molar-refractivity contribution in [1.82, 2.24) is 14.9 Å². The number of ether oxygens (including phenoxy) is 1.